The lowest BCUT2D eigenvalue weighted by molar-refractivity contribution is 0.100. The van der Waals surface area contributed by atoms with E-state index in [1.54, 1.807) is 14.2 Å². The largest absolute Gasteiger partial charge is 0.493 e. The van der Waals surface area contributed by atoms with Crippen LogP contribution in [0.25, 0.3) is 0 Å². The second-order valence-electron chi connectivity index (χ2n) is 6.80. The molecule has 0 spiro atoms. The van der Waals surface area contributed by atoms with E-state index in [1.807, 2.05) is 18.2 Å². The van der Waals surface area contributed by atoms with Gasteiger partial charge >= 0.3 is 0 Å². The summed E-state index contributed by atoms with van der Waals surface area (Å²) in [5, 5.41) is 0. The Hall–Kier alpha value is -2.55. The van der Waals surface area contributed by atoms with Crippen LogP contribution in [-0.4, -0.2) is 20.0 Å². The number of hydrogen-bond acceptors (Lipinski definition) is 3. The van der Waals surface area contributed by atoms with Gasteiger partial charge in [-0.25, -0.2) is 0 Å². The molecule has 2 aromatic carbocycles. The molecule has 0 radical (unpaired) electrons. The summed E-state index contributed by atoms with van der Waals surface area (Å²) < 4.78 is 11.0. The monoisotopic (exact) mass is 334 g/mol. The number of ether oxygens (including phenoxy) is 2. The minimum Gasteiger partial charge on any atom is -0.493 e. The zero-order valence-corrected chi connectivity index (χ0v) is 14.6. The van der Waals surface area contributed by atoms with Crippen LogP contribution in [0.2, 0.25) is 0 Å². The summed E-state index contributed by atoms with van der Waals surface area (Å²) in [5.74, 6) is 2.27. The molecular weight excluding hydrogens is 312 g/mol. The lowest BCUT2D eigenvalue weighted by atomic mass is 9.69. The first-order chi connectivity index (χ1) is 12.2. The molecule has 3 heteroatoms. The van der Waals surface area contributed by atoms with Crippen LogP contribution in [0.3, 0.4) is 0 Å². The Bertz CT molecular complexity index is 836. The summed E-state index contributed by atoms with van der Waals surface area (Å²) in [7, 11) is 3.27. The quantitative estimate of drug-likeness (QED) is 0.825. The van der Waals surface area contributed by atoms with E-state index in [4.69, 9.17) is 9.47 Å². The lowest BCUT2D eigenvalue weighted by Crippen LogP contribution is -2.28. The number of benzene rings is 2. The molecule has 0 aromatic heterocycles. The van der Waals surface area contributed by atoms with Crippen molar-refractivity contribution in [1.82, 2.24) is 0 Å². The van der Waals surface area contributed by atoms with E-state index in [2.05, 4.69) is 30.3 Å². The maximum atomic E-state index is 13.0. The van der Waals surface area contributed by atoms with Gasteiger partial charge in [-0.2, -0.15) is 0 Å². The maximum absolute atomic E-state index is 13.0. The predicted octanol–water partition coefficient (Wildman–Crippen LogP) is 4.56. The Morgan fingerprint density at radius 2 is 1.76 bits per heavy atom. The van der Waals surface area contributed by atoms with E-state index in [0.717, 1.165) is 36.0 Å². The van der Waals surface area contributed by atoms with E-state index in [-0.39, 0.29) is 11.7 Å². The van der Waals surface area contributed by atoms with Gasteiger partial charge in [-0.05, 0) is 54.4 Å². The van der Waals surface area contributed by atoms with Gasteiger partial charge in [0.15, 0.2) is 17.3 Å². The maximum Gasteiger partial charge on any atom is 0.189 e. The van der Waals surface area contributed by atoms with Crippen molar-refractivity contribution in [2.75, 3.05) is 14.2 Å². The summed E-state index contributed by atoms with van der Waals surface area (Å²) in [5.41, 5.74) is 4.08. The van der Waals surface area contributed by atoms with Gasteiger partial charge in [0.25, 0.3) is 0 Å². The third kappa shape index (κ3) is 2.64. The van der Waals surface area contributed by atoms with Gasteiger partial charge in [-0.3, -0.25) is 4.79 Å². The zero-order chi connectivity index (χ0) is 17.4. The minimum atomic E-state index is 0.152. The number of carbonyl (C=O) groups is 1. The molecule has 0 saturated carbocycles. The lowest BCUT2D eigenvalue weighted by Gasteiger charge is -2.34. The van der Waals surface area contributed by atoms with Crippen molar-refractivity contribution < 1.29 is 14.3 Å². The summed E-state index contributed by atoms with van der Waals surface area (Å²) in [6.07, 6.45) is 4.93. The highest BCUT2D eigenvalue weighted by atomic mass is 16.5. The average Bonchev–Trinajstić information content (AvgIpc) is 2.67. The molecule has 0 saturated heterocycles. The van der Waals surface area contributed by atoms with Crippen molar-refractivity contribution in [2.45, 2.75) is 25.2 Å². The van der Waals surface area contributed by atoms with Gasteiger partial charge in [0, 0.05) is 11.1 Å². The van der Waals surface area contributed by atoms with Crippen LogP contribution in [0.15, 0.2) is 54.1 Å². The van der Waals surface area contributed by atoms with E-state index in [9.17, 15) is 4.79 Å². The van der Waals surface area contributed by atoms with E-state index < -0.39 is 0 Å². The first-order valence-corrected chi connectivity index (χ1v) is 8.76. The van der Waals surface area contributed by atoms with E-state index in [1.165, 1.54) is 5.56 Å². The number of Topliss-reactive ketones (excluding diaryl/α,β-unsaturated/α-hetero) is 1. The standard InChI is InChI=1S/C22H22O3/c1-24-20-11-10-18-19(22(20)25-2)13-16-12-15(8-9-17(16)21(18)23)14-6-4-3-5-7-14/h3-7,9-11,15-16H,8,12-13H2,1-2H3/t15?,16-/m0/s1. The zero-order valence-electron chi connectivity index (χ0n) is 14.6. The number of allylic oxidation sites excluding steroid dienone is 2. The van der Waals surface area contributed by atoms with Crippen LogP contribution in [0, 0.1) is 5.92 Å². The van der Waals surface area contributed by atoms with Crippen molar-refractivity contribution in [1.29, 1.82) is 0 Å². The molecule has 0 bridgehead atoms. The van der Waals surface area contributed by atoms with E-state index >= 15 is 0 Å². The predicted molar refractivity (Wildman–Crippen MR) is 97.6 cm³/mol. The Morgan fingerprint density at radius 3 is 2.48 bits per heavy atom. The van der Waals surface area contributed by atoms with Crippen molar-refractivity contribution >= 4 is 5.78 Å². The Morgan fingerprint density at radius 1 is 0.960 bits per heavy atom. The van der Waals surface area contributed by atoms with Gasteiger partial charge < -0.3 is 9.47 Å². The second kappa shape index (κ2) is 6.40. The number of fused-ring (bicyclic) bond motifs is 2. The first kappa shape index (κ1) is 15.9. The smallest absolute Gasteiger partial charge is 0.189 e. The summed E-state index contributed by atoms with van der Waals surface area (Å²) in [6, 6.07) is 14.3. The topological polar surface area (TPSA) is 35.5 Å². The van der Waals surface area contributed by atoms with Crippen molar-refractivity contribution in [3.8, 4) is 11.5 Å². The van der Waals surface area contributed by atoms with Gasteiger partial charge in [0.05, 0.1) is 14.2 Å². The summed E-state index contributed by atoms with van der Waals surface area (Å²) >= 11 is 0. The van der Waals surface area contributed by atoms with Crippen LogP contribution in [0.1, 0.15) is 40.2 Å². The van der Waals surface area contributed by atoms with Gasteiger partial charge in [0.2, 0.25) is 0 Å². The number of methoxy groups -OCH3 is 2. The second-order valence-corrected chi connectivity index (χ2v) is 6.80. The highest BCUT2D eigenvalue weighted by Gasteiger charge is 2.36. The molecule has 0 fully saturated rings. The molecule has 0 aliphatic heterocycles. The number of ketones is 1. The van der Waals surface area contributed by atoms with Crippen molar-refractivity contribution in [2.24, 2.45) is 5.92 Å². The first-order valence-electron chi connectivity index (χ1n) is 8.76. The molecule has 128 valence electrons. The van der Waals surface area contributed by atoms with Crippen LogP contribution in [0.4, 0.5) is 0 Å². The molecule has 2 atom stereocenters. The Balaban J connectivity index is 1.72. The van der Waals surface area contributed by atoms with Crippen LogP contribution in [0.5, 0.6) is 11.5 Å². The minimum absolute atomic E-state index is 0.152. The molecule has 1 unspecified atom stereocenters. The van der Waals surface area contributed by atoms with Gasteiger partial charge in [-0.15, -0.1) is 0 Å². The van der Waals surface area contributed by atoms with Crippen molar-refractivity contribution in [3.63, 3.8) is 0 Å². The number of rotatable bonds is 3. The molecule has 2 aromatic rings. The van der Waals surface area contributed by atoms with Gasteiger partial charge in [0.1, 0.15) is 0 Å². The third-order valence-corrected chi connectivity index (χ3v) is 5.51. The molecule has 4 rings (SSSR count). The molecule has 3 nitrogen and oxygen atoms in total. The average molecular weight is 334 g/mol. The van der Waals surface area contributed by atoms with Crippen molar-refractivity contribution in [3.05, 3.63) is 70.8 Å². The molecule has 25 heavy (non-hydrogen) atoms. The van der Waals surface area contributed by atoms with Crippen LogP contribution >= 0.6 is 0 Å². The normalized spacial score (nSPS) is 21.8. The Kier molecular flexibility index (Phi) is 4.08. The molecule has 0 N–H and O–H groups in total. The number of hydrogen-bond donors (Lipinski definition) is 0. The fourth-order valence-electron chi connectivity index (χ4n) is 4.28. The molecule has 2 aliphatic carbocycles. The molecule has 0 amide bonds. The molecule has 2 aliphatic rings. The SMILES string of the molecule is COc1ccc2c(c1OC)C[C@@H]1CC(c3ccccc3)CC=C1C2=O. The molecule has 0 heterocycles. The van der Waals surface area contributed by atoms with E-state index in [0.29, 0.717) is 17.4 Å². The summed E-state index contributed by atoms with van der Waals surface area (Å²) in [4.78, 5) is 13.0. The van der Waals surface area contributed by atoms with Crippen LogP contribution in [-0.2, 0) is 6.42 Å². The van der Waals surface area contributed by atoms with Crippen LogP contribution < -0.4 is 9.47 Å². The third-order valence-electron chi connectivity index (χ3n) is 5.51. The van der Waals surface area contributed by atoms with Gasteiger partial charge in [-0.1, -0.05) is 36.4 Å². The highest BCUT2D eigenvalue weighted by Crippen LogP contribution is 2.46. The highest BCUT2D eigenvalue weighted by molar-refractivity contribution is 6.11. The Labute approximate surface area is 148 Å². The fraction of sp³-hybridized carbons (Fsp3) is 0.318. The summed E-state index contributed by atoms with van der Waals surface area (Å²) in [6.45, 7) is 0. The molecular formula is C22H22O3. The fourth-order valence-corrected chi connectivity index (χ4v) is 4.28. The number of carbonyl (C=O) groups excluding carboxylic acids is 1.